The first-order valence-electron chi connectivity index (χ1n) is 10.1. The summed E-state index contributed by atoms with van der Waals surface area (Å²) < 4.78 is 28.9. The molecular weight excluding hydrogens is 406 g/mol. The number of hydrogen-bond acceptors (Lipinski definition) is 5. The number of amides is 1. The summed E-state index contributed by atoms with van der Waals surface area (Å²) in [7, 11) is -3.64. The molecule has 2 aliphatic heterocycles. The number of nitrogens with one attached hydrogen (secondary N) is 1. The van der Waals surface area contributed by atoms with Crippen molar-refractivity contribution in [2.75, 3.05) is 31.1 Å². The summed E-state index contributed by atoms with van der Waals surface area (Å²) >= 11 is 1.67. The van der Waals surface area contributed by atoms with Crippen LogP contribution < -0.4 is 9.62 Å². The normalized spacial score (nSPS) is 19.2. The van der Waals surface area contributed by atoms with E-state index in [9.17, 15) is 13.2 Å². The molecule has 1 aromatic carbocycles. The number of thiophene rings is 1. The number of rotatable bonds is 7. The van der Waals surface area contributed by atoms with Crippen molar-refractivity contribution in [1.82, 2.24) is 9.62 Å². The van der Waals surface area contributed by atoms with Crippen LogP contribution in [0.25, 0.3) is 0 Å². The number of carbonyl (C=O) groups excluding carboxylic acids is 1. The van der Waals surface area contributed by atoms with Gasteiger partial charge in [-0.15, -0.1) is 11.3 Å². The second kappa shape index (κ2) is 8.55. The third kappa shape index (κ3) is 4.40. The highest BCUT2D eigenvalue weighted by Gasteiger charge is 2.28. The highest BCUT2D eigenvalue weighted by Crippen LogP contribution is 2.29. The average Bonchev–Trinajstić information content (AvgIpc) is 3.45. The minimum Gasteiger partial charge on any atom is -0.312 e. The van der Waals surface area contributed by atoms with Gasteiger partial charge in [0.1, 0.15) is 0 Å². The maximum absolute atomic E-state index is 13.0. The quantitative estimate of drug-likeness (QED) is 0.727. The topological polar surface area (TPSA) is 69.7 Å². The molecule has 6 nitrogen and oxygen atoms in total. The molecule has 2 fully saturated rings. The maximum Gasteiger partial charge on any atom is 0.240 e. The number of hydrogen-bond donors (Lipinski definition) is 1. The van der Waals surface area contributed by atoms with Crippen molar-refractivity contribution < 1.29 is 13.2 Å². The minimum absolute atomic E-state index is 0.0640. The Hall–Kier alpha value is -1.74. The van der Waals surface area contributed by atoms with Gasteiger partial charge in [0.2, 0.25) is 15.9 Å². The van der Waals surface area contributed by atoms with Gasteiger partial charge in [0.05, 0.1) is 10.9 Å². The van der Waals surface area contributed by atoms with E-state index in [-0.39, 0.29) is 16.8 Å². The predicted molar refractivity (Wildman–Crippen MR) is 116 cm³/mol. The number of sulfonamides is 1. The van der Waals surface area contributed by atoms with E-state index in [0.717, 1.165) is 38.0 Å². The second-order valence-electron chi connectivity index (χ2n) is 7.72. The minimum atomic E-state index is -3.64. The monoisotopic (exact) mass is 433 g/mol. The van der Waals surface area contributed by atoms with Crippen LogP contribution in [0.1, 0.15) is 42.2 Å². The van der Waals surface area contributed by atoms with Crippen LogP contribution >= 0.6 is 11.3 Å². The zero-order valence-corrected chi connectivity index (χ0v) is 18.3. The molecular formula is C21H27N3O3S2. The van der Waals surface area contributed by atoms with Gasteiger partial charge in [-0.25, -0.2) is 13.1 Å². The van der Waals surface area contributed by atoms with E-state index < -0.39 is 10.0 Å². The molecule has 156 valence electrons. The van der Waals surface area contributed by atoms with E-state index in [2.05, 4.69) is 15.7 Å². The summed E-state index contributed by atoms with van der Waals surface area (Å²) in [5, 5.41) is 2.04. The van der Waals surface area contributed by atoms with Gasteiger partial charge < -0.3 is 4.90 Å². The van der Waals surface area contributed by atoms with E-state index in [1.165, 1.54) is 4.88 Å². The van der Waals surface area contributed by atoms with Crippen molar-refractivity contribution in [3.63, 3.8) is 0 Å². The first-order valence-corrected chi connectivity index (χ1v) is 12.5. The van der Waals surface area contributed by atoms with Crippen molar-refractivity contribution in [3.05, 3.63) is 46.2 Å². The van der Waals surface area contributed by atoms with Crippen molar-refractivity contribution in [1.29, 1.82) is 0 Å². The van der Waals surface area contributed by atoms with E-state index in [1.54, 1.807) is 41.4 Å². The lowest BCUT2D eigenvalue weighted by Gasteiger charge is -2.27. The van der Waals surface area contributed by atoms with Gasteiger partial charge in [-0.3, -0.25) is 9.69 Å². The fraction of sp³-hybridized carbons (Fsp3) is 0.476. The number of aryl methyl sites for hydroxylation is 1. The lowest BCUT2D eigenvalue weighted by atomic mass is 10.2. The number of likely N-dealkylation sites (tertiary alicyclic amines) is 1. The van der Waals surface area contributed by atoms with Crippen LogP contribution in [-0.4, -0.2) is 45.4 Å². The Morgan fingerprint density at radius 1 is 1.14 bits per heavy atom. The molecule has 1 unspecified atom stereocenters. The van der Waals surface area contributed by atoms with Gasteiger partial charge in [-0.05, 0) is 74.5 Å². The van der Waals surface area contributed by atoms with E-state index in [0.29, 0.717) is 25.1 Å². The summed E-state index contributed by atoms with van der Waals surface area (Å²) in [6, 6.07) is 9.31. The van der Waals surface area contributed by atoms with Crippen molar-refractivity contribution >= 4 is 33.0 Å². The first kappa shape index (κ1) is 20.5. The van der Waals surface area contributed by atoms with Crippen LogP contribution in [-0.2, 0) is 14.8 Å². The molecule has 3 heterocycles. The third-order valence-electron chi connectivity index (χ3n) is 5.75. The molecule has 1 aromatic heterocycles. The number of nitrogens with zero attached hydrogens (tertiary/aromatic N) is 2. The smallest absolute Gasteiger partial charge is 0.240 e. The van der Waals surface area contributed by atoms with E-state index >= 15 is 0 Å². The molecule has 1 N–H and O–H groups in total. The maximum atomic E-state index is 13.0. The highest BCUT2D eigenvalue weighted by molar-refractivity contribution is 7.89. The highest BCUT2D eigenvalue weighted by atomic mass is 32.2. The molecule has 29 heavy (non-hydrogen) atoms. The molecule has 2 saturated heterocycles. The summed E-state index contributed by atoms with van der Waals surface area (Å²) in [4.78, 5) is 17.5. The van der Waals surface area contributed by atoms with Crippen molar-refractivity contribution in [2.45, 2.75) is 43.5 Å². The van der Waals surface area contributed by atoms with Crippen LogP contribution in [0.3, 0.4) is 0 Å². The number of benzene rings is 1. The Morgan fingerprint density at radius 2 is 1.93 bits per heavy atom. The Balaban J connectivity index is 1.51. The summed E-state index contributed by atoms with van der Waals surface area (Å²) in [5.74, 6) is 0.0996. The molecule has 2 aliphatic rings. The van der Waals surface area contributed by atoms with Crippen LogP contribution in [0.4, 0.5) is 5.69 Å². The molecule has 0 radical (unpaired) electrons. The van der Waals surface area contributed by atoms with Crippen LogP contribution in [0.5, 0.6) is 0 Å². The lowest BCUT2D eigenvalue weighted by Crippen LogP contribution is -2.36. The largest absolute Gasteiger partial charge is 0.312 e. The lowest BCUT2D eigenvalue weighted by molar-refractivity contribution is -0.117. The Morgan fingerprint density at radius 3 is 2.55 bits per heavy atom. The van der Waals surface area contributed by atoms with Gasteiger partial charge in [0, 0.05) is 30.1 Å². The fourth-order valence-corrected chi connectivity index (χ4v) is 6.36. The third-order valence-corrected chi connectivity index (χ3v) is 8.31. The fourth-order valence-electron chi connectivity index (χ4n) is 4.23. The zero-order chi connectivity index (χ0) is 20.4. The van der Waals surface area contributed by atoms with Crippen molar-refractivity contribution in [3.8, 4) is 0 Å². The molecule has 1 amide bonds. The molecule has 0 spiro atoms. The zero-order valence-electron chi connectivity index (χ0n) is 16.6. The molecule has 1 atom stereocenters. The first-order chi connectivity index (χ1) is 14.0. The standard InChI is InChI=1S/C21H27N3O3S2/c1-16-14-17(24-12-4-7-21(24)25)8-9-20(16)29(26,27)22-15-18(19-6-5-13-28-19)23-10-2-3-11-23/h5-6,8-9,13-14,18,22H,2-4,7,10-12,15H2,1H3. The number of carbonyl (C=O) groups is 1. The van der Waals surface area contributed by atoms with Gasteiger partial charge in [-0.2, -0.15) is 0 Å². The predicted octanol–water partition coefficient (Wildman–Crippen LogP) is 3.30. The number of anilines is 1. The summed E-state index contributed by atoms with van der Waals surface area (Å²) in [5.41, 5.74) is 1.43. The van der Waals surface area contributed by atoms with Gasteiger partial charge in [-0.1, -0.05) is 6.07 Å². The summed E-state index contributed by atoms with van der Waals surface area (Å²) in [6.07, 6.45) is 3.72. The van der Waals surface area contributed by atoms with Crippen molar-refractivity contribution in [2.24, 2.45) is 0 Å². The Labute approximate surface area is 176 Å². The van der Waals surface area contributed by atoms with Crippen LogP contribution in [0, 0.1) is 6.92 Å². The SMILES string of the molecule is Cc1cc(N2CCCC2=O)ccc1S(=O)(=O)NCC(c1cccs1)N1CCCC1. The van der Waals surface area contributed by atoms with Gasteiger partial charge in [0.15, 0.2) is 0 Å². The second-order valence-corrected chi connectivity index (χ2v) is 10.4. The Kier molecular flexibility index (Phi) is 6.06. The van der Waals surface area contributed by atoms with Crippen LogP contribution in [0.15, 0.2) is 40.6 Å². The van der Waals surface area contributed by atoms with Gasteiger partial charge in [0.25, 0.3) is 0 Å². The molecule has 8 heteroatoms. The van der Waals surface area contributed by atoms with E-state index in [1.807, 2.05) is 11.4 Å². The Bertz CT molecular complexity index is 967. The summed E-state index contributed by atoms with van der Waals surface area (Å²) in [6.45, 7) is 4.84. The molecule has 4 rings (SSSR count). The molecule has 2 aromatic rings. The van der Waals surface area contributed by atoms with Crippen LogP contribution in [0.2, 0.25) is 0 Å². The molecule has 0 bridgehead atoms. The average molecular weight is 434 g/mol. The van der Waals surface area contributed by atoms with Gasteiger partial charge >= 0.3 is 0 Å². The van der Waals surface area contributed by atoms with E-state index in [4.69, 9.17) is 0 Å². The molecule has 0 saturated carbocycles. The molecule has 0 aliphatic carbocycles.